The van der Waals surface area contributed by atoms with Gasteiger partial charge < -0.3 is 9.67 Å². The fraction of sp³-hybridized carbons (Fsp3) is 0.250. The van der Waals surface area contributed by atoms with Crippen molar-refractivity contribution in [2.45, 2.75) is 19.4 Å². The second kappa shape index (κ2) is 3.77. The number of nitrogens with zero attached hydrogens (tertiary/aromatic N) is 1. The van der Waals surface area contributed by atoms with Gasteiger partial charge in [0.1, 0.15) is 6.04 Å². The second-order valence-electron chi connectivity index (χ2n) is 3.54. The summed E-state index contributed by atoms with van der Waals surface area (Å²) >= 11 is 0. The largest absolute Gasteiger partial charge is 0.480 e. The number of benzene rings is 1. The summed E-state index contributed by atoms with van der Waals surface area (Å²) in [5.41, 5.74) is 0.978. The SMILES string of the molecule is CCC(C(=O)O)n1ccc2ccccc21. The third-order valence-corrected chi connectivity index (χ3v) is 2.64. The van der Waals surface area contributed by atoms with Gasteiger partial charge >= 0.3 is 5.97 Å². The minimum atomic E-state index is -0.779. The number of aromatic nitrogens is 1. The summed E-state index contributed by atoms with van der Waals surface area (Å²) in [6.07, 6.45) is 2.43. The number of carboxylic acids is 1. The monoisotopic (exact) mass is 203 g/mol. The Hall–Kier alpha value is -1.77. The lowest BCUT2D eigenvalue weighted by atomic mass is 10.2. The molecule has 0 saturated carbocycles. The zero-order valence-corrected chi connectivity index (χ0v) is 8.55. The van der Waals surface area contributed by atoms with Crippen LogP contribution in [0.3, 0.4) is 0 Å². The van der Waals surface area contributed by atoms with Gasteiger partial charge in [-0.2, -0.15) is 0 Å². The molecule has 3 heteroatoms. The lowest BCUT2D eigenvalue weighted by Gasteiger charge is -2.13. The van der Waals surface area contributed by atoms with E-state index in [1.54, 1.807) is 0 Å². The maximum atomic E-state index is 11.1. The van der Waals surface area contributed by atoms with Crippen LogP contribution in [0.4, 0.5) is 0 Å². The van der Waals surface area contributed by atoms with Crippen LogP contribution in [0.1, 0.15) is 19.4 Å². The van der Waals surface area contributed by atoms with Crippen molar-refractivity contribution in [1.29, 1.82) is 0 Å². The first-order chi connectivity index (χ1) is 7.24. The van der Waals surface area contributed by atoms with Gasteiger partial charge in [-0.05, 0) is 23.9 Å². The van der Waals surface area contributed by atoms with Gasteiger partial charge in [-0.1, -0.05) is 25.1 Å². The Morgan fingerprint density at radius 2 is 2.13 bits per heavy atom. The maximum Gasteiger partial charge on any atom is 0.326 e. The highest BCUT2D eigenvalue weighted by Crippen LogP contribution is 2.21. The molecule has 2 rings (SSSR count). The van der Waals surface area contributed by atoms with E-state index in [4.69, 9.17) is 5.11 Å². The Morgan fingerprint density at radius 3 is 2.80 bits per heavy atom. The van der Waals surface area contributed by atoms with Crippen molar-refractivity contribution >= 4 is 16.9 Å². The van der Waals surface area contributed by atoms with Crippen molar-refractivity contribution < 1.29 is 9.90 Å². The normalized spacial score (nSPS) is 12.9. The molecule has 1 aromatic carbocycles. The van der Waals surface area contributed by atoms with Crippen LogP contribution in [-0.4, -0.2) is 15.6 Å². The number of hydrogen-bond donors (Lipinski definition) is 1. The van der Waals surface area contributed by atoms with E-state index in [1.807, 2.05) is 48.0 Å². The number of carbonyl (C=O) groups is 1. The molecule has 0 aliphatic rings. The predicted octanol–water partition coefficient (Wildman–Crippen LogP) is 2.68. The molecule has 0 spiro atoms. The molecule has 0 aliphatic heterocycles. The first-order valence-corrected chi connectivity index (χ1v) is 5.02. The molecule has 0 fully saturated rings. The lowest BCUT2D eigenvalue weighted by Crippen LogP contribution is -2.17. The fourth-order valence-corrected chi connectivity index (χ4v) is 1.87. The zero-order valence-electron chi connectivity index (χ0n) is 8.55. The highest BCUT2D eigenvalue weighted by Gasteiger charge is 2.17. The Labute approximate surface area is 87.9 Å². The number of aliphatic carboxylic acids is 1. The van der Waals surface area contributed by atoms with Crippen LogP contribution in [0.15, 0.2) is 36.5 Å². The average Bonchev–Trinajstić information content (AvgIpc) is 2.63. The van der Waals surface area contributed by atoms with Gasteiger partial charge in [-0.3, -0.25) is 0 Å². The van der Waals surface area contributed by atoms with Gasteiger partial charge in [-0.15, -0.1) is 0 Å². The molecule has 2 aromatic rings. The highest BCUT2D eigenvalue weighted by atomic mass is 16.4. The third kappa shape index (κ3) is 1.61. The number of rotatable bonds is 3. The second-order valence-corrected chi connectivity index (χ2v) is 3.54. The minimum Gasteiger partial charge on any atom is -0.480 e. The van der Waals surface area contributed by atoms with Crippen molar-refractivity contribution in [2.75, 3.05) is 0 Å². The van der Waals surface area contributed by atoms with E-state index in [2.05, 4.69) is 0 Å². The summed E-state index contributed by atoms with van der Waals surface area (Å²) in [4.78, 5) is 11.1. The van der Waals surface area contributed by atoms with Gasteiger partial charge in [0.2, 0.25) is 0 Å². The molecular formula is C12H13NO2. The molecule has 0 amide bonds. The summed E-state index contributed by atoms with van der Waals surface area (Å²) in [6.45, 7) is 1.88. The highest BCUT2D eigenvalue weighted by molar-refractivity contribution is 5.83. The number of carboxylic acid groups (broad SMARTS) is 1. The van der Waals surface area contributed by atoms with E-state index >= 15 is 0 Å². The molecule has 0 saturated heterocycles. The molecule has 0 radical (unpaired) electrons. The van der Waals surface area contributed by atoms with E-state index < -0.39 is 12.0 Å². The van der Waals surface area contributed by atoms with E-state index in [-0.39, 0.29) is 0 Å². The summed E-state index contributed by atoms with van der Waals surface area (Å²) in [6, 6.07) is 9.29. The molecule has 78 valence electrons. The van der Waals surface area contributed by atoms with Crippen molar-refractivity contribution in [3.63, 3.8) is 0 Å². The van der Waals surface area contributed by atoms with Crippen LogP contribution in [0.25, 0.3) is 10.9 Å². The molecular weight excluding hydrogens is 190 g/mol. The Kier molecular flexibility index (Phi) is 2.46. The zero-order chi connectivity index (χ0) is 10.8. The first kappa shape index (κ1) is 9.77. The maximum absolute atomic E-state index is 11.1. The van der Waals surface area contributed by atoms with Gasteiger partial charge in [0, 0.05) is 11.7 Å². The van der Waals surface area contributed by atoms with Gasteiger partial charge in [-0.25, -0.2) is 4.79 Å². The van der Waals surface area contributed by atoms with Crippen LogP contribution < -0.4 is 0 Å². The Balaban J connectivity index is 2.55. The standard InChI is InChI=1S/C12H13NO2/c1-2-10(12(14)15)13-8-7-9-5-3-4-6-11(9)13/h3-8,10H,2H2,1H3,(H,14,15). The van der Waals surface area contributed by atoms with E-state index in [9.17, 15) is 4.79 Å². The molecule has 0 aliphatic carbocycles. The minimum absolute atomic E-state index is 0.468. The van der Waals surface area contributed by atoms with Crippen LogP contribution in [0.2, 0.25) is 0 Å². The fourth-order valence-electron chi connectivity index (χ4n) is 1.87. The van der Waals surface area contributed by atoms with Crippen LogP contribution >= 0.6 is 0 Å². The summed E-state index contributed by atoms with van der Waals surface area (Å²) < 4.78 is 1.82. The van der Waals surface area contributed by atoms with Gasteiger partial charge in [0.25, 0.3) is 0 Å². The Morgan fingerprint density at radius 1 is 1.40 bits per heavy atom. The van der Waals surface area contributed by atoms with Gasteiger partial charge in [0.05, 0.1) is 0 Å². The van der Waals surface area contributed by atoms with Crippen molar-refractivity contribution in [3.05, 3.63) is 36.5 Å². The topological polar surface area (TPSA) is 42.2 Å². The predicted molar refractivity (Wildman–Crippen MR) is 58.9 cm³/mol. The van der Waals surface area contributed by atoms with E-state index in [1.165, 1.54) is 0 Å². The molecule has 1 unspecified atom stereocenters. The summed E-state index contributed by atoms with van der Waals surface area (Å²) in [7, 11) is 0. The van der Waals surface area contributed by atoms with Crippen molar-refractivity contribution in [1.82, 2.24) is 4.57 Å². The van der Waals surface area contributed by atoms with Crippen LogP contribution in [-0.2, 0) is 4.79 Å². The number of fused-ring (bicyclic) bond motifs is 1. The molecule has 1 atom stereocenters. The molecule has 3 nitrogen and oxygen atoms in total. The lowest BCUT2D eigenvalue weighted by molar-refractivity contribution is -0.140. The number of para-hydroxylation sites is 1. The summed E-state index contributed by atoms with van der Waals surface area (Å²) in [5.74, 6) is -0.779. The Bertz CT molecular complexity index is 487. The summed E-state index contributed by atoms with van der Waals surface area (Å²) in [5, 5.41) is 10.2. The van der Waals surface area contributed by atoms with Crippen LogP contribution in [0.5, 0.6) is 0 Å². The molecule has 1 aromatic heterocycles. The van der Waals surface area contributed by atoms with Crippen molar-refractivity contribution in [2.24, 2.45) is 0 Å². The molecule has 1 N–H and O–H groups in total. The molecule has 15 heavy (non-hydrogen) atoms. The quantitative estimate of drug-likeness (QED) is 0.833. The first-order valence-electron chi connectivity index (χ1n) is 5.02. The third-order valence-electron chi connectivity index (χ3n) is 2.64. The number of hydrogen-bond acceptors (Lipinski definition) is 1. The average molecular weight is 203 g/mol. The van der Waals surface area contributed by atoms with E-state index in [0.29, 0.717) is 6.42 Å². The van der Waals surface area contributed by atoms with Gasteiger partial charge in [0.15, 0.2) is 0 Å². The molecule has 1 heterocycles. The van der Waals surface area contributed by atoms with Crippen LogP contribution in [0, 0.1) is 0 Å². The van der Waals surface area contributed by atoms with E-state index in [0.717, 1.165) is 10.9 Å². The van der Waals surface area contributed by atoms with Crippen molar-refractivity contribution in [3.8, 4) is 0 Å². The molecule has 0 bridgehead atoms. The smallest absolute Gasteiger partial charge is 0.326 e.